The molecule has 0 spiro atoms. The molecule has 0 saturated carbocycles. The minimum Gasteiger partial charge on any atom is -0.368 e. The van der Waals surface area contributed by atoms with Crippen LogP contribution in [0, 0.1) is 6.92 Å². The number of fused-ring (bicyclic) bond motifs is 1. The molecule has 1 aromatic heterocycles. The smallest absolute Gasteiger partial charge is 0.216 e. The fourth-order valence-corrected chi connectivity index (χ4v) is 2.18. The average molecular weight is 271 g/mol. The van der Waals surface area contributed by atoms with Crippen LogP contribution in [0.4, 0.5) is 5.82 Å². The highest BCUT2D eigenvalue weighted by Crippen LogP contribution is 2.21. The molecule has 0 atom stereocenters. The lowest BCUT2D eigenvalue weighted by Gasteiger charge is -2.10. The molecule has 0 bridgehead atoms. The second kappa shape index (κ2) is 6.37. The van der Waals surface area contributed by atoms with E-state index in [0.29, 0.717) is 13.1 Å². The van der Waals surface area contributed by atoms with E-state index in [0.717, 1.165) is 17.8 Å². The molecule has 2 rings (SSSR count). The number of aryl methyl sites for hydroxylation is 2. The van der Waals surface area contributed by atoms with Crippen molar-refractivity contribution in [3.05, 3.63) is 35.4 Å². The van der Waals surface area contributed by atoms with Gasteiger partial charge >= 0.3 is 0 Å². The number of rotatable bonds is 5. The largest absolute Gasteiger partial charge is 0.368 e. The Morgan fingerprint density at radius 3 is 2.75 bits per heavy atom. The van der Waals surface area contributed by atoms with Crippen LogP contribution in [0.2, 0.25) is 0 Å². The van der Waals surface area contributed by atoms with Gasteiger partial charge in [-0.2, -0.15) is 0 Å². The molecule has 1 amide bonds. The van der Waals surface area contributed by atoms with Crippen molar-refractivity contribution in [2.24, 2.45) is 0 Å². The molecule has 0 unspecified atom stereocenters. The first-order valence-electron chi connectivity index (χ1n) is 6.98. The molecule has 0 fully saturated rings. The second-order valence-corrected chi connectivity index (χ2v) is 4.94. The average Bonchev–Trinajstić information content (AvgIpc) is 2.43. The van der Waals surface area contributed by atoms with E-state index in [1.165, 1.54) is 23.4 Å². The van der Waals surface area contributed by atoms with Gasteiger partial charge in [-0.25, -0.2) is 4.98 Å². The lowest BCUT2D eigenvalue weighted by Crippen LogP contribution is -2.26. The first-order chi connectivity index (χ1) is 9.60. The summed E-state index contributed by atoms with van der Waals surface area (Å²) in [6, 6.07) is 8.45. The van der Waals surface area contributed by atoms with Crippen molar-refractivity contribution < 1.29 is 4.79 Å². The van der Waals surface area contributed by atoms with Crippen LogP contribution in [0.25, 0.3) is 10.9 Å². The summed E-state index contributed by atoms with van der Waals surface area (Å²) in [6.07, 6.45) is 1.03. The van der Waals surface area contributed by atoms with Crippen molar-refractivity contribution in [3.63, 3.8) is 0 Å². The molecule has 0 aliphatic heterocycles. The number of nitrogens with one attached hydrogen (secondary N) is 2. The summed E-state index contributed by atoms with van der Waals surface area (Å²) in [4.78, 5) is 15.4. The molecule has 0 radical (unpaired) electrons. The van der Waals surface area contributed by atoms with Crippen LogP contribution < -0.4 is 10.6 Å². The van der Waals surface area contributed by atoms with Gasteiger partial charge < -0.3 is 10.6 Å². The van der Waals surface area contributed by atoms with Crippen LogP contribution in [0.3, 0.4) is 0 Å². The predicted molar refractivity (Wildman–Crippen MR) is 83.0 cm³/mol. The number of amides is 1. The van der Waals surface area contributed by atoms with Crippen molar-refractivity contribution in [3.8, 4) is 0 Å². The number of pyridine rings is 1. The minimum absolute atomic E-state index is 0.0125. The van der Waals surface area contributed by atoms with Gasteiger partial charge in [0.1, 0.15) is 5.82 Å². The van der Waals surface area contributed by atoms with Gasteiger partial charge in [-0.1, -0.05) is 13.0 Å². The van der Waals surface area contributed by atoms with E-state index in [2.05, 4.69) is 53.7 Å². The van der Waals surface area contributed by atoms with Gasteiger partial charge in [0.2, 0.25) is 5.91 Å². The monoisotopic (exact) mass is 271 g/mol. The third-order valence-corrected chi connectivity index (χ3v) is 3.29. The molecule has 4 heteroatoms. The summed E-state index contributed by atoms with van der Waals surface area (Å²) in [5.74, 6) is 0.839. The lowest BCUT2D eigenvalue weighted by molar-refractivity contribution is -0.118. The first-order valence-corrected chi connectivity index (χ1v) is 6.98. The van der Waals surface area contributed by atoms with E-state index < -0.39 is 0 Å². The van der Waals surface area contributed by atoms with Gasteiger partial charge in [-0.05, 0) is 42.7 Å². The number of aromatic nitrogens is 1. The lowest BCUT2D eigenvalue weighted by atomic mass is 10.1. The van der Waals surface area contributed by atoms with Crippen LogP contribution in [0.1, 0.15) is 25.0 Å². The highest BCUT2D eigenvalue weighted by atomic mass is 16.1. The van der Waals surface area contributed by atoms with Crippen LogP contribution in [0.15, 0.2) is 24.3 Å². The number of carbonyl (C=O) groups excluding carboxylic acids is 1. The molecule has 2 aromatic rings. The zero-order valence-electron chi connectivity index (χ0n) is 12.3. The molecule has 0 saturated heterocycles. The third-order valence-electron chi connectivity index (χ3n) is 3.29. The van der Waals surface area contributed by atoms with E-state index in [1.807, 2.05) is 0 Å². The summed E-state index contributed by atoms with van der Waals surface area (Å²) in [7, 11) is 0. The normalized spacial score (nSPS) is 10.6. The summed E-state index contributed by atoms with van der Waals surface area (Å²) in [6.45, 7) is 7.04. The number of hydrogen-bond donors (Lipinski definition) is 2. The minimum atomic E-state index is -0.0125. The van der Waals surface area contributed by atoms with Crippen molar-refractivity contribution >= 4 is 22.6 Å². The quantitative estimate of drug-likeness (QED) is 0.822. The van der Waals surface area contributed by atoms with Crippen molar-refractivity contribution in [2.45, 2.75) is 27.2 Å². The number of benzene rings is 1. The van der Waals surface area contributed by atoms with E-state index >= 15 is 0 Å². The Hall–Kier alpha value is -2.10. The highest BCUT2D eigenvalue weighted by molar-refractivity contribution is 5.84. The number of anilines is 1. The topological polar surface area (TPSA) is 54.0 Å². The SMILES string of the molecule is CCc1ccc2nc(NCCNC(C)=O)cc(C)c2c1. The fraction of sp³-hybridized carbons (Fsp3) is 0.375. The molecule has 1 heterocycles. The maximum atomic E-state index is 10.8. The van der Waals surface area contributed by atoms with E-state index in [1.54, 1.807) is 0 Å². The van der Waals surface area contributed by atoms with Gasteiger partial charge in [0, 0.05) is 25.4 Å². The number of carbonyl (C=O) groups is 1. The van der Waals surface area contributed by atoms with Crippen LogP contribution in [-0.4, -0.2) is 24.0 Å². The van der Waals surface area contributed by atoms with Crippen molar-refractivity contribution in [2.75, 3.05) is 18.4 Å². The Morgan fingerprint density at radius 2 is 2.05 bits per heavy atom. The Morgan fingerprint density at radius 1 is 1.25 bits per heavy atom. The summed E-state index contributed by atoms with van der Waals surface area (Å²) < 4.78 is 0. The van der Waals surface area contributed by atoms with Crippen LogP contribution in [0.5, 0.6) is 0 Å². The van der Waals surface area contributed by atoms with Gasteiger partial charge in [-0.3, -0.25) is 4.79 Å². The van der Waals surface area contributed by atoms with E-state index in [9.17, 15) is 4.79 Å². The third kappa shape index (κ3) is 3.47. The second-order valence-electron chi connectivity index (χ2n) is 4.94. The molecule has 106 valence electrons. The molecule has 1 aromatic carbocycles. The summed E-state index contributed by atoms with van der Waals surface area (Å²) in [5, 5.41) is 7.19. The zero-order valence-corrected chi connectivity index (χ0v) is 12.3. The summed E-state index contributed by atoms with van der Waals surface area (Å²) >= 11 is 0. The Kier molecular flexibility index (Phi) is 4.56. The Labute approximate surface area is 119 Å². The van der Waals surface area contributed by atoms with Crippen molar-refractivity contribution in [1.29, 1.82) is 0 Å². The summed E-state index contributed by atoms with van der Waals surface area (Å²) in [5.41, 5.74) is 3.55. The standard InChI is InChI=1S/C16H21N3O/c1-4-13-5-6-15-14(10-13)11(2)9-16(19-15)18-8-7-17-12(3)20/h5-6,9-10H,4,7-8H2,1-3H3,(H,17,20)(H,18,19). The maximum Gasteiger partial charge on any atom is 0.216 e. The van der Waals surface area contributed by atoms with Gasteiger partial charge in [0.15, 0.2) is 0 Å². The van der Waals surface area contributed by atoms with Gasteiger partial charge in [0.25, 0.3) is 0 Å². The van der Waals surface area contributed by atoms with Gasteiger partial charge in [-0.15, -0.1) is 0 Å². The highest BCUT2D eigenvalue weighted by Gasteiger charge is 2.03. The zero-order chi connectivity index (χ0) is 14.5. The first kappa shape index (κ1) is 14.3. The Bertz CT molecular complexity index is 622. The molecule has 0 aliphatic carbocycles. The van der Waals surface area contributed by atoms with E-state index in [-0.39, 0.29) is 5.91 Å². The maximum absolute atomic E-state index is 10.8. The van der Waals surface area contributed by atoms with Crippen LogP contribution >= 0.6 is 0 Å². The van der Waals surface area contributed by atoms with Crippen molar-refractivity contribution in [1.82, 2.24) is 10.3 Å². The molecule has 2 N–H and O–H groups in total. The number of nitrogens with zero attached hydrogens (tertiary/aromatic N) is 1. The Balaban J connectivity index is 2.14. The van der Waals surface area contributed by atoms with Crippen LogP contribution in [-0.2, 0) is 11.2 Å². The van der Waals surface area contributed by atoms with Gasteiger partial charge in [0.05, 0.1) is 5.52 Å². The molecular weight excluding hydrogens is 250 g/mol. The molecule has 0 aliphatic rings. The molecule has 4 nitrogen and oxygen atoms in total. The fourth-order valence-electron chi connectivity index (χ4n) is 2.18. The molecule has 20 heavy (non-hydrogen) atoms. The van der Waals surface area contributed by atoms with E-state index in [4.69, 9.17) is 0 Å². The predicted octanol–water partition coefficient (Wildman–Crippen LogP) is 2.65. The number of hydrogen-bond acceptors (Lipinski definition) is 3. The molecular formula is C16H21N3O.